The number of hydrogen-bond donors (Lipinski definition) is 3. The van der Waals surface area contributed by atoms with Crippen molar-refractivity contribution in [3.8, 4) is 0 Å². The van der Waals surface area contributed by atoms with E-state index in [-0.39, 0.29) is 23.3 Å². The zero-order valence-electron chi connectivity index (χ0n) is 14.9. The van der Waals surface area contributed by atoms with Crippen LogP contribution in [0.4, 0.5) is 10.1 Å². The molecular weight excluding hydrogens is 427 g/mol. The lowest BCUT2D eigenvalue weighted by atomic mass is 10.1. The van der Waals surface area contributed by atoms with Crippen molar-refractivity contribution in [1.82, 2.24) is 4.57 Å². The Hall–Kier alpha value is -3.48. The molecule has 0 radical (unpaired) electrons. The number of carboxylic acid groups (broad SMARTS) is 3. The van der Waals surface area contributed by atoms with Gasteiger partial charge in [0.05, 0.1) is 16.7 Å². The van der Waals surface area contributed by atoms with Crippen LogP contribution in [0.2, 0.25) is 0 Å². The maximum Gasteiger partial charge on any atom is 0.341 e. The number of pyridine rings is 1. The molecule has 3 rings (SSSR count). The number of hydrogen-bond acceptors (Lipinski definition) is 7. The van der Waals surface area contributed by atoms with Crippen LogP contribution >= 0.6 is 11.8 Å². The molecule has 1 fully saturated rings. The van der Waals surface area contributed by atoms with Crippen molar-refractivity contribution >= 4 is 46.3 Å². The van der Waals surface area contributed by atoms with Crippen molar-refractivity contribution in [3.05, 3.63) is 44.0 Å². The smallest absolute Gasteiger partial charge is 0.341 e. The van der Waals surface area contributed by atoms with E-state index in [0.29, 0.717) is 18.9 Å². The normalized spacial score (nSPS) is 14.4. The fraction of sp³-hybridized carbons (Fsp3) is 0.294. The van der Waals surface area contributed by atoms with Crippen LogP contribution in [0.5, 0.6) is 0 Å². The van der Waals surface area contributed by atoms with Crippen LogP contribution < -0.4 is 5.43 Å². The summed E-state index contributed by atoms with van der Waals surface area (Å²) in [6, 6.07) is 0.278. The fourth-order valence-electron chi connectivity index (χ4n) is 3.01. The summed E-state index contributed by atoms with van der Waals surface area (Å²) in [6.07, 6.45) is 1.12. The summed E-state index contributed by atoms with van der Waals surface area (Å²) in [6.45, 7) is 0. The van der Waals surface area contributed by atoms with Crippen LogP contribution in [0.25, 0.3) is 10.9 Å². The molecule has 1 aromatic heterocycles. The second-order valence-corrected chi connectivity index (χ2v) is 7.76. The van der Waals surface area contributed by atoms with E-state index in [0.717, 1.165) is 6.20 Å². The Labute approximate surface area is 169 Å². The molecule has 1 heterocycles. The van der Waals surface area contributed by atoms with E-state index in [2.05, 4.69) is 0 Å². The van der Waals surface area contributed by atoms with E-state index < -0.39 is 67.3 Å². The standard InChI is InChI=1S/C17H13FN2O9S/c18-9-3-7-12(19(6-1-2-6)5-8(14(7)23)16(24)25)13(20(28)29)15(9)30-10(17(26)27)4-11(21)22/h3,5-6,10H,1-2,4H2,(H,21,22)(H,24,25)(H,26,27)/t10-/m1/s1. The molecule has 2 aromatic rings. The molecule has 1 aliphatic carbocycles. The largest absolute Gasteiger partial charge is 0.481 e. The Balaban J connectivity index is 2.36. The minimum absolute atomic E-state index is 0.150. The number of carbonyl (C=O) groups is 3. The van der Waals surface area contributed by atoms with Gasteiger partial charge in [0, 0.05) is 12.2 Å². The van der Waals surface area contributed by atoms with E-state index in [1.165, 1.54) is 4.57 Å². The first-order valence-electron chi connectivity index (χ1n) is 8.43. The highest BCUT2D eigenvalue weighted by molar-refractivity contribution is 8.00. The average Bonchev–Trinajstić information content (AvgIpc) is 3.46. The van der Waals surface area contributed by atoms with Gasteiger partial charge in [-0.05, 0) is 18.9 Å². The van der Waals surface area contributed by atoms with Crippen molar-refractivity contribution in [2.24, 2.45) is 0 Å². The average molecular weight is 440 g/mol. The van der Waals surface area contributed by atoms with Gasteiger partial charge in [0.1, 0.15) is 27.0 Å². The summed E-state index contributed by atoms with van der Waals surface area (Å²) in [7, 11) is 0. The Morgan fingerprint density at radius 2 is 1.93 bits per heavy atom. The minimum atomic E-state index is -1.73. The number of fused-ring (bicyclic) bond motifs is 1. The van der Waals surface area contributed by atoms with Gasteiger partial charge in [0.25, 0.3) is 0 Å². The molecule has 1 saturated carbocycles. The fourth-order valence-corrected chi connectivity index (χ4v) is 4.07. The van der Waals surface area contributed by atoms with Crippen molar-refractivity contribution in [2.75, 3.05) is 0 Å². The number of rotatable bonds is 8. The second kappa shape index (κ2) is 7.74. The maximum atomic E-state index is 14.8. The van der Waals surface area contributed by atoms with E-state index in [1.54, 1.807) is 0 Å². The molecule has 11 nitrogen and oxygen atoms in total. The molecule has 0 amide bonds. The number of aromatic carboxylic acids is 1. The Morgan fingerprint density at radius 3 is 2.40 bits per heavy atom. The second-order valence-electron chi connectivity index (χ2n) is 6.55. The van der Waals surface area contributed by atoms with E-state index in [1.807, 2.05) is 0 Å². The highest BCUT2D eigenvalue weighted by Crippen LogP contribution is 2.44. The van der Waals surface area contributed by atoms with Gasteiger partial charge in [-0.3, -0.25) is 24.5 Å². The summed E-state index contributed by atoms with van der Waals surface area (Å²) in [5.41, 5.74) is -3.04. The number of benzene rings is 1. The number of nitrogens with zero attached hydrogens (tertiary/aromatic N) is 2. The number of carboxylic acids is 3. The van der Waals surface area contributed by atoms with Gasteiger partial charge in [-0.15, -0.1) is 11.8 Å². The van der Waals surface area contributed by atoms with Gasteiger partial charge in [-0.25, -0.2) is 9.18 Å². The predicted molar refractivity (Wildman–Crippen MR) is 99.6 cm³/mol. The molecule has 0 saturated heterocycles. The Morgan fingerprint density at radius 1 is 1.30 bits per heavy atom. The van der Waals surface area contributed by atoms with Gasteiger partial charge in [-0.1, -0.05) is 0 Å². The van der Waals surface area contributed by atoms with Crippen LogP contribution in [-0.4, -0.2) is 48.0 Å². The number of thioether (sulfide) groups is 1. The molecule has 0 unspecified atom stereocenters. The molecule has 0 aliphatic heterocycles. The molecule has 0 spiro atoms. The Bertz CT molecular complexity index is 1170. The van der Waals surface area contributed by atoms with E-state index in [4.69, 9.17) is 5.11 Å². The first-order valence-corrected chi connectivity index (χ1v) is 9.31. The third-order valence-electron chi connectivity index (χ3n) is 4.45. The van der Waals surface area contributed by atoms with Crippen LogP contribution in [-0.2, 0) is 9.59 Å². The van der Waals surface area contributed by atoms with Crippen molar-refractivity contribution in [3.63, 3.8) is 0 Å². The number of nitro groups is 1. The van der Waals surface area contributed by atoms with Crippen LogP contribution in [0, 0.1) is 15.9 Å². The van der Waals surface area contributed by atoms with Gasteiger partial charge < -0.3 is 19.9 Å². The number of aliphatic carboxylic acids is 2. The van der Waals surface area contributed by atoms with Gasteiger partial charge in [0.15, 0.2) is 0 Å². The molecule has 158 valence electrons. The molecule has 1 atom stereocenters. The third kappa shape index (κ3) is 3.83. The molecule has 13 heteroatoms. The van der Waals surface area contributed by atoms with E-state index in [9.17, 15) is 43.9 Å². The zero-order valence-corrected chi connectivity index (χ0v) is 15.7. The topological polar surface area (TPSA) is 177 Å². The molecular formula is C17H13FN2O9S. The van der Waals surface area contributed by atoms with Gasteiger partial charge in [-0.2, -0.15) is 0 Å². The highest BCUT2D eigenvalue weighted by atomic mass is 32.2. The van der Waals surface area contributed by atoms with Gasteiger partial charge >= 0.3 is 23.6 Å². The maximum absolute atomic E-state index is 14.8. The van der Waals surface area contributed by atoms with Crippen molar-refractivity contribution < 1.29 is 39.0 Å². The molecule has 1 aliphatic rings. The summed E-state index contributed by atoms with van der Waals surface area (Å²) in [4.78, 5) is 56.3. The first kappa shape index (κ1) is 21.2. The molecule has 1 aromatic carbocycles. The lowest BCUT2D eigenvalue weighted by Gasteiger charge is -2.16. The number of aromatic nitrogens is 1. The van der Waals surface area contributed by atoms with Crippen molar-refractivity contribution in [1.29, 1.82) is 0 Å². The quantitative estimate of drug-likeness (QED) is 0.313. The zero-order chi connectivity index (χ0) is 22.3. The third-order valence-corrected chi connectivity index (χ3v) is 5.72. The Kier molecular flexibility index (Phi) is 5.48. The lowest BCUT2D eigenvalue weighted by molar-refractivity contribution is -0.386. The number of halogens is 1. The predicted octanol–water partition coefficient (Wildman–Crippen LogP) is 2.10. The van der Waals surface area contributed by atoms with Crippen LogP contribution in [0.15, 0.2) is 22.0 Å². The molecule has 3 N–H and O–H groups in total. The van der Waals surface area contributed by atoms with Crippen LogP contribution in [0.1, 0.15) is 35.7 Å². The lowest BCUT2D eigenvalue weighted by Crippen LogP contribution is -2.22. The molecule has 0 bridgehead atoms. The summed E-state index contributed by atoms with van der Waals surface area (Å²) < 4.78 is 16.0. The summed E-state index contributed by atoms with van der Waals surface area (Å²) in [5.74, 6) is -6.01. The first-order chi connectivity index (χ1) is 14.0. The monoisotopic (exact) mass is 440 g/mol. The number of nitro benzene ring substituents is 1. The van der Waals surface area contributed by atoms with Crippen LogP contribution in [0.3, 0.4) is 0 Å². The van der Waals surface area contributed by atoms with Gasteiger partial charge in [0.2, 0.25) is 5.43 Å². The minimum Gasteiger partial charge on any atom is -0.481 e. The van der Waals surface area contributed by atoms with Crippen molar-refractivity contribution in [2.45, 2.75) is 35.4 Å². The summed E-state index contributed by atoms with van der Waals surface area (Å²) >= 11 is 0.150. The van der Waals surface area contributed by atoms with E-state index >= 15 is 0 Å². The molecule has 30 heavy (non-hydrogen) atoms. The highest BCUT2D eigenvalue weighted by Gasteiger charge is 2.35. The summed E-state index contributed by atoms with van der Waals surface area (Å²) in [5, 5.41) is 36.9. The SMILES string of the molecule is O=C(O)C[C@@H](Sc1c(F)cc2c(=O)c(C(=O)O)cn(C3CC3)c2c1[N+](=O)[O-])C(=O)O.